The number of nitrogens with zero attached hydrogens (tertiary/aromatic N) is 1. The van der Waals surface area contributed by atoms with Crippen LogP contribution >= 0.6 is 0 Å². The van der Waals surface area contributed by atoms with Crippen LogP contribution in [0.1, 0.15) is 31.7 Å². The topological polar surface area (TPSA) is 63.4 Å². The molecule has 5 heteroatoms. The third-order valence-electron chi connectivity index (χ3n) is 4.72. The van der Waals surface area contributed by atoms with Crippen LogP contribution in [0.5, 0.6) is 0 Å². The van der Waals surface area contributed by atoms with Gasteiger partial charge in [0.25, 0.3) is 0 Å². The number of likely N-dealkylation sites (N-methyl/N-ethyl adjacent to an activating group) is 1. The number of hydrogen-bond acceptors (Lipinski definition) is 4. The number of fused-ring (bicyclic) bond motifs is 1. The third-order valence-corrected chi connectivity index (χ3v) is 6.49. The summed E-state index contributed by atoms with van der Waals surface area (Å²) in [5.41, 5.74) is 6.74. The Morgan fingerprint density at radius 2 is 2.05 bits per heavy atom. The van der Waals surface area contributed by atoms with Gasteiger partial charge in [-0.1, -0.05) is 25.1 Å². The highest BCUT2D eigenvalue weighted by Gasteiger charge is 2.48. The Bertz CT molecular complexity index is 610. The van der Waals surface area contributed by atoms with Crippen LogP contribution in [0.3, 0.4) is 0 Å². The van der Waals surface area contributed by atoms with Crippen molar-refractivity contribution >= 4 is 9.84 Å². The van der Waals surface area contributed by atoms with Gasteiger partial charge in [0.15, 0.2) is 9.84 Å². The largest absolute Gasteiger partial charge is 0.328 e. The molecule has 1 fully saturated rings. The molecule has 1 aliphatic heterocycles. The lowest BCUT2D eigenvalue weighted by Gasteiger charge is -2.46. The maximum absolute atomic E-state index is 12.3. The predicted octanol–water partition coefficient (Wildman–Crippen LogP) is 1.50. The normalized spacial score (nSPS) is 28.4. The Hall–Kier alpha value is -0.910. The van der Waals surface area contributed by atoms with Crippen molar-refractivity contribution < 1.29 is 8.42 Å². The summed E-state index contributed by atoms with van der Waals surface area (Å²) in [5.74, 6) is 0.199. The summed E-state index contributed by atoms with van der Waals surface area (Å²) in [6, 6.07) is 7.97. The Balaban J connectivity index is 2.17. The second-order valence-corrected chi connectivity index (χ2v) is 7.90. The molecule has 1 heterocycles. The minimum Gasteiger partial charge on any atom is -0.328 e. The molecule has 2 N–H and O–H groups in total. The van der Waals surface area contributed by atoms with Crippen molar-refractivity contribution in [1.82, 2.24) is 4.90 Å². The van der Waals surface area contributed by atoms with Crippen LogP contribution in [-0.4, -0.2) is 38.2 Å². The van der Waals surface area contributed by atoms with Crippen LogP contribution in [0, 0.1) is 0 Å². The Kier molecular flexibility index (Phi) is 3.39. The SMILES string of the molecule is CCN(C1CC1)C1(CN)CCS(=O)(=O)c2ccccc21. The number of nitrogens with two attached hydrogens (primary N) is 1. The van der Waals surface area contributed by atoms with E-state index in [1.807, 2.05) is 12.1 Å². The van der Waals surface area contributed by atoms with Gasteiger partial charge < -0.3 is 5.73 Å². The van der Waals surface area contributed by atoms with Crippen molar-refractivity contribution in [3.63, 3.8) is 0 Å². The molecular weight excluding hydrogens is 272 g/mol. The van der Waals surface area contributed by atoms with Gasteiger partial charge in [0.05, 0.1) is 16.2 Å². The molecule has 1 aromatic rings. The van der Waals surface area contributed by atoms with E-state index < -0.39 is 9.84 Å². The highest BCUT2D eigenvalue weighted by atomic mass is 32.2. The van der Waals surface area contributed by atoms with Gasteiger partial charge in [-0.3, -0.25) is 4.90 Å². The molecule has 110 valence electrons. The van der Waals surface area contributed by atoms with Crippen molar-refractivity contribution in [1.29, 1.82) is 0 Å². The van der Waals surface area contributed by atoms with Crippen LogP contribution in [0.2, 0.25) is 0 Å². The zero-order chi connectivity index (χ0) is 14.4. The molecule has 1 atom stereocenters. The van der Waals surface area contributed by atoms with Gasteiger partial charge in [-0.05, 0) is 37.4 Å². The van der Waals surface area contributed by atoms with Crippen LogP contribution < -0.4 is 5.73 Å². The first kappa shape index (κ1) is 14.0. The van der Waals surface area contributed by atoms with Crippen molar-refractivity contribution in [3.05, 3.63) is 29.8 Å². The smallest absolute Gasteiger partial charge is 0.178 e. The maximum atomic E-state index is 12.3. The van der Waals surface area contributed by atoms with E-state index in [2.05, 4.69) is 11.8 Å². The molecule has 2 aliphatic rings. The molecule has 0 aromatic heterocycles. The third kappa shape index (κ3) is 2.00. The monoisotopic (exact) mass is 294 g/mol. The maximum Gasteiger partial charge on any atom is 0.178 e. The molecule has 1 aromatic carbocycles. The van der Waals surface area contributed by atoms with Gasteiger partial charge in [0, 0.05) is 12.6 Å². The van der Waals surface area contributed by atoms with E-state index in [0.29, 0.717) is 23.9 Å². The second-order valence-electron chi connectivity index (χ2n) is 5.82. The highest BCUT2D eigenvalue weighted by molar-refractivity contribution is 7.91. The van der Waals surface area contributed by atoms with Gasteiger partial charge >= 0.3 is 0 Å². The fraction of sp³-hybridized carbons (Fsp3) is 0.600. The summed E-state index contributed by atoms with van der Waals surface area (Å²) in [6.07, 6.45) is 3.00. The zero-order valence-corrected chi connectivity index (χ0v) is 12.7. The number of sulfone groups is 1. The molecule has 0 spiro atoms. The summed E-state index contributed by atoms with van der Waals surface area (Å²) in [5, 5.41) is 0. The summed E-state index contributed by atoms with van der Waals surface area (Å²) in [6.45, 7) is 3.53. The summed E-state index contributed by atoms with van der Waals surface area (Å²) >= 11 is 0. The van der Waals surface area contributed by atoms with Gasteiger partial charge in [0.1, 0.15) is 0 Å². The number of hydrogen-bond donors (Lipinski definition) is 1. The quantitative estimate of drug-likeness (QED) is 0.914. The highest BCUT2D eigenvalue weighted by Crippen LogP contribution is 2.45. The second kappa shape index (κ2) is 4.83. The van der Waals surface area contributed by atoms with Crippen LogP contribution in [0.25, 0.3) is 0 Å². The van der Waals surface area contributed by atoms with Gasteiger partial charge in [-0.15, -0.1) is 0 Å². The molecule has 0 radical (unpaired) electrons. The molecule has 1 unspecified atom stereocenters. The molecule has 20 heavy (non-hydrogen) atoms. The van der Waals surface area contributed by atoms with E-state index in [1.54, 1.807) is 12.1 Å². The minimum absolute atomic E-state index is 0.199. The van der Waals surface area contributed by atoms with Gasteiger partial charge in [0.2, 0.25) is 0 Å². The van der Waals surface area contributed by atoms with E-state index in [1.165, 1.54) is 12.8 Å². The summed E-state index contributed by atoms with van der Waals surface area (Å²) in [4.78, 5) is 2.91. The lowest BCUT2D eigenvalue weighted by Crippen LogP contribution is -2.55. The molecule has 3 rings (SSSR count). The Morgan fingerprint density at radius 1 is 1.35 bits per heavy atom. The van der Waals surface area contributed by atoms with Crippen LogP contribution in [0.4, 0.5) is 0 Å². The first-order valence-electron chi connectivity index (χ1n) is 7.34. The van der Waals surface area contributed by atoms with E-state index in [-0.39, 0.29) is 11.3 Å². The molecule has 0 amide bonds. The summed E-state index contributed by atoms with van der Waals surface area (Å²) < 4.78 is 24.6. The van der Waals surface area contributed by atoms with Gasteiger partial charge in [-0.2, -0.15) is 0 Å². The zero-order valence-electron chi connectivity index (χ0n) is 11.9. The molecule has 1 aliphatic carbocycles. The Morgan fingerprint density at radius 3 is 2.65 bits per heavy atom. The average molecular weight is 294 g/mol. The first-order valence-corrected chi connectivity index (χ1v) is 8.99. The van der Waals surface area contributed by atoms with Crippen molar-refractivity contribution in [2.75, 3.05) is 18.8 Å². The van der Waals surface area contributed by atoms with Gasteiger partial charge in [-0.25, -0.2) is 8.42 Å². The lowest BCUT2D eigenvalue weighted by molar-refractivity contribution is 0.0802. The fourth-order valence-corrected chi connectivity index (χ4v) is 5.30. The standard InChI is InChI=1S/C15H22N2O2S/c1-2-17(12-7-8-12)15(11-16)9-10-20(18,19)14-6-4-3-5-13(14)15/h3-6,12H,2,7-11,16H2,1H3. The molecule has 0 saturated heterocycles. The average Bonchev–Trinajstić information content (AvgIpc) is 3.27. The number of rotatable bonds is 4. The van der Waals surface area contributed by atoms with Crippen molar-refractivity contribution in [2.24, 2.45) is 5.73 Å². The molecule has 0 bridgehead atoms. The molecule has 4 nitrogen and oxygen atoms in total. The Labute approximate surface area is 120 Å². The minimum atomic E-state index is -3.15. The van der Waals surface area contributed by atoms with Crippen molar-refractivity contribution in [3.8, 4) is 0 Å². The fourth-order valence-electron chi connectivity index (χ4n) is 3.59. The van der Waals surface area contributed by atoms with Crippen LogP contribution in [-0.2, 0) is 15.4 Å². The predicted molar refractivity (Wildman–Crippen MR) is 79.2 cm³/mol. The van der Waals surface area contributed by atoms with Crippen molar-refractivity contribution in [2.45, 2.75) is 42.7 Å². The van der Waals surface area contributed by atoms with Crippen LogP contribution in [0.15, 0.2) is 29.2 Å². The van der Waals surface area contributed by atoms with E-state index in [4.69, 9.17) is 5.73 Å². The lowest BCUT2D eigenvalue weighted by atomic mass is 9.84. The van der Waals surface area contributed by atoms with E-state index >= 15 is 0 Å². The number of benzene rings is 1. The van der Waals surface area contributed by atoms with E-state index in [0.717, 1.165) is 12.1 Å². The molecule has 1 saturated carbocycles. The molecular formula is C15H22N2O2S. The summed E-state index contributed by atoms with van der Waals surface area (Å²) in [7, 11) is -3.15. The van der Waals surface area contributed by atoms with E-state index in [9.17, 15) is 8.42 Å². The first-order chi connectivity index (χ1) is 9.55.